The second kappa shape index (κ2) is 6.63. The topological polar surface area (TPSA) is 21.3 Å². The fraction of sp³-hybridized carbons (Fsp3) is 0.250. The fourth-order valence-electron chi connectivity index (χ4n) is 2.26. The maximum absolute atomic E-state index is 14.0. The average molecular weight is 295 g/mol. The van der Waals surface area contributed by atoms with Crippen LogP contribution in [0.4, 0.5) is 13.2 Å². The molecule has 1 unspecified atom stereocenters. The van der Waals surface area contributed by atoms with Crippen molar-refractivity contribution in [3.63, 3.8) is 0 Å². The minimum atomic E-state index is -1.20. The van der Waals surface area contributed by atoms with Crippen molar-refractivity contribution in [2.75, 3.05) is 13.7 Å². The monoisotopic (exact) mass is 295 g/mol. The zero-order valence-corrected chi connectivity index (χ0v) is 11.8. The number of hydrogen-bond donors (Lipinski definition) is 1. The van der Waals surface area contributed by atoms with Gasteiger partial charge in [0.05, 0.1) is 13.2 Å². The Hall–Kier alpha value is -2.01. The molecule has 2 aromatic carbocycles. The number of benzene rings is 2. The highest BCUT2D eigenvalue weighted by atomic mass is 19.2. The molecule has 2 aromatic rings. The molecular weight excluding hydrogens is 279 g/mol. The first-order chi connectivity index (χ1) is 10.1. The lowest BCUT2D eigenvalue weighted by Gasteiger charge is -2.21. The molecular formula is C16H16F3NO. The van der Waals surface area contributed by atoms with Crippen LogP contribution in [0.1, 0.15) is 24.1 Å². The van der Waals surface area contributed by atoms with Gasteiger partial charge in [-0.1, -0.05) is 25.1 Å². The highest BCUT2D eigenvalue weighted by molar-refractivity contribution is 5.42. The van der Waals surface area contributed by atoms with E-state index in [1.165, 1.54) is 7.11 Å². The van der Waals surface area contributed by atoms with Gasteiger partial charge in [-0.05, 0) is 18.7 Å². The van der Waals surface area contributed by atoms with Crippen molar-refractivity contribution in [1.29, 1.82) is 0 Å². The number of ether oxygens (including phenoxy) is 1. The third kappa shape index (κ3) is 3.19. The third-order valence-electron chi connectivity index (χ3n) is 3.21. The van der Waals surface area contributed by atoms with Crippen LogP contribution in [0.15, 0.2) is 36.4 Å². The molecule has 0 aliphatic heterocycles. The van der Waals surface area contributed by atoms with E-state index < -0.39 is 23.5 Å². The van der Waals surface area contributed by atoms with Gasteiger partial charge in [0, 0.05) is 17.2 Å². The van der Waals surface area contributed by atoms with Crippen LogP contribution < -0.4 is 10.1 Å². The molecule has 0 heterocycles. The number of hydrogen-bond acceptors (Lipinski definition) is 2. The molecule has 0 aromatic heterocycles. The van der Waals surface area contributed by atoms with E-state index in [1.54, 1.807) is 24.3 Å². The van der Waals surface area contributed by atoms with Crippen molar-refractivity contribution >= 4 is 0 Å². The average Bonchev–Trinajstić information content (AvgIpc) is 2.49. The van der Waals surface area contributed by atoms with Crippen LogP contribution in [0.5, 0.6) is 5.75 Å². The van der Waals surface area contributed by atoms with E-state index in [9.17, 15) is 13.2 Å². The number of methoxy groups -OCH3 is 1. The van der Waals surface area contributed by atoms with Crippen LogP contribution in [0.2, 0.25) is 0 Å². The molecule has 0 bridgehead atoms. The summed E-state index contributed by atoms with van der Waals surface area (Å²) in [4.78, 5) is 0. The molecule has 0 saturated heterocycles. The van der Waals surface area contributed by atoms with Crippen molar-refractivity contribution in [1.82, 2.24) is 5.32 Å². The van der Waals surface area contributed by atoms with Crippen LogP contribution in [-0.4, -0.2) is 13.7 Å². The minimum absolute atomic E-state index is 0.0419. The van der Waals surface area contributed by atoms with Gasteiger partial charge in [-0.2, -0.15) is 0 Å². The third-order valence-corrected chi connectivity index (χ3v) is 3.21. The lowest BCUT2D eigenvalue weighted by molar-refractivity contribution is 0.402. The Labute approximate surface area is 121 Å². The first-order valence-electron chi connectivity index (χ1n) is 6.59. The lowest BCUT2D eigenvalue weighted by atomic mass is 9.97. The fourth-order valence-corrected chi connectivity index (χ4v) is 2.26. The standard InChI is InChI=1S/C16H16F3NO/c1-3-20-16(10-6-4-5-7-15(10)21-2)11-8-13(18)14(19)9-12(11)17/h4-9,16,20H,3H2,1-2H3. The molecule has 0 spiro atoms. The van der Waals surface area contributed by atoms with Crippen molar-refractivity contribution in [3.05, 3.63) is 65.0 Å². The van der Waals surface area contributed by atoms with Gasteiger partial charge in [0.2, 0.25) is 0 Å². The first kappa shape index (κ1) is 15.4. The normalized spacial score (nSPS) is 12.2. The highest BCUT2D eigenvalue weighted by Crippen LogP contribution is 2.32. The Bertz CT molecular complexity index is 631. The second-order valence-corrected chi connectivity index (χ2v) is 4.52. The lowest BCUT2D eigenvalue weighted by Crippen LogP contribution is -2.24. The quantitative estimate of drug-likeness (QED) is 0.847. The maximum atomic E-state index is 14.0. The van der Waals surface area contributed by atoms with Crippen molar-refractivity contribution in [2.24, 2.45) is 0 Å². The molecule has 2 rings (SSSR count). The van der Waals surface area contributed by atoms with Gasteiger partial charge in [-0.25, -0.2) is 13.2 Å². The van der Waals surface area contributed by atoms with Crippen LogP contribution in [0.25, 0.3) is 0 Å². The predicted molar refractivity (Wildman–Crippen MR) is 74.8 cm³/mol. The van der Waals surface area contributed by atoms with Gasteiger partial charge in [-0.15, -0.1) is 0 Å². The van der Waals surface area contributed by atoms with E-state index in [-0.39, 0.29) is 5.56 Å². The number of nitrogens with one attached hydrogen (secondary N) is 1. The molecule has 1 N–H and O–H groups in total. The molecule has 0 saturated carbocycles. The predicted octanol–water partition coefficient (Wildman–Crippen LogP) is 3.81. The van der Waals surface area contributed by atoms with Gasteiger partial charge >= 0.3 is 0 Å². The Balaban J connectivity index is 2.56. The molecule has 0 aliphatic carbocycles. The molecule has 5 heteroatoms. The molecule has 0 aliphatic rings. The Kier molecular flexibility index (Phi) is 4.85. The summed E-state index contributed by atoms with van der Waals surface area (Å²) < 4.78 is 45.8. The van der Waals surface area contributed by atoms with Gasteiger partial charge in [-0.3, -0.25) is 0 Å². The van der Waals surface area contributed by atoms with Gasteiger partial charge in [0.15, 0.2) is 11.6 Å². The summed E-state index contributed by atoms with van der Waals surface area (Å²) in [6, 6.07) is 7.87. The summed E-state index contributed by atoms with van der Waals surface area (Å²) in [5.74, 6) is -2.53. The van der Waals surface area contributed by atoms with Gasteiger partial charge in [0.25, 0.3) is 0 Å². The molecule has 0 amide bonds. The summed E-state index contributed by atoms with van der Waals surface area (Å²) >= 11 is 0. The van der Waals surface area contributed by atoms with Crippen molar-refractivity contribution in [2.45, 2.75) is 13.0 Å². The van der Waals surface area contributed by atoms with Crippen LogP contribution >= 0.6 is 0 Å². The molecule has 112 valence electrons. The van der Waals surface area contributed by atoms with E-state index in [0.717, 1.165) is 6.07 Å². The van der Waals surface area contributed by atoms with E-state index in [2.05, 4.69) is 5.32 Å². The van der Waals surface area contributed by atoms with Gasteiger partial charge < -0.3 is 10.1 Å². The number of rotatable bonds is 5. The van der Waals surface area contributed by atoms with Crippen LogP contribution in [0.3, 0.4) is 0 Å². The summed E-state index contributed by atoms with van der Waals surface area (Å²) in [5, 5.41) is 3.07. The molecule has 0 radical (unpaired) electrons. The Morgan fingerprint density at radius 1 is 1.00 bits per heavy atom. The van der Waals surface area contributed by atoms with E-state index in [4.69, 9.17) is 4.74 Å². The number of halogens is 3. The molecule has 2 nitrogen and oxygen atoms in total. The molecule has 21 heavy (non-hydrogen) atoms. The summed E-state index contributed by atoms with van der Waals surface area (Å²) in [5.41, 5.74) is 0.701. The summed E-state index contributed by atoms with van der Waals surface area (Å²) in [6.45, 7) is 2.38. The number of para-hydroxylation sites is 1. The zero-order chi connectivity index (χ0) is 15.4. The molecule has 1 atom stereocenters. The van der Waals surface area contributed by atoms with Crippen molar-refractivity contribution in [3.8, 4) is 5.75 Å². The maximum Gasteiger partial charge on any atom is 0.161 e. The van der Waals surface area contributed by atoms with E-state index >= 15 is 0 Å². The first-order valence-corrected chi connectivity index (χ1v) is 6.59. The smallest absolute Gasteiger partial charge is 0.161 e. The van der Waals surface area contributed by atoms with E-state index in [1.807, 2.05) is 6.92 Å². The van der Waals surface area contributed by atoms with Gasteiger partial charge in [0.1, 0.15) is 11.6 Å². The van der Waals surface area contributed by atoms with E-state index in [0.29, 0.717) is 23.9 Å². The largest absolute Gasteiger partial charge is 0.496 e. The van der Waals surface area contributed by atoms with Crippen LogP contribution in [0, 0.1) is 17.5 Å². The summed E-state index contributed by atoms with van der Waals surface area (Å²) in [6.07, 6.45) is 0. The Morgan fingerprint density at radius 3 is 2.33 bits per heavy atom. The SMILES string of the molecule is CCNC(c1cc(F)c(F)cc1F)c1ccccc1OC. The highest BCUT2D eigenvalue weighted by Gasteiger charge is 2.22. The van der Waals surface area contributed by atoms with Crippen molar-refractivity contribution < 1.29 is 17.9 Å². The summed E-state index contributed by atoms with van der Waals surface area (Å²) in [7, 11) is 1.50. The molecule has 0 fully saturated rings. The zero-order valence-electron chi connectivity index (χ0n) is 11.8. The van der Waals surface area contributed by atoms with Crippen LogP contribution in [-0.2, 0) is 0 Å². The Morgan fingerprint density at radius 2 is 1.67 bits per heavy atom. The minimum Gasteiger partial charge on any atom is -0.496 e. The second-order valence-electron chi connectivity index (χ2n) is 4.52.